The van der Waals surface area contributed by atoms with Crippen LogP contribution in [0, 0.1) is 18.8 Å². The first kappa shape index (κ1) is 15.3. The molecule has 3 nitrogen and oxygen atoms in total. The molecule has 0 saturated heterocycles. The van der Waals surface area contributed by atoms with Crippen LogP contribution >= 0.6 is 0 Å². The van der Waals surface area contributed by atoms with Gasteiger partial charge in [-0.3, -0.25) is 4.79 Å². The van der Waals surface area contributed by atoms with Crippen LogP contribution in [0.5, 0.6) is 0 Å². The lowest BCUT2D eigenvalue weighted by Crippen LogP contribution is -2.33. The highest BCUT2D eigenvalue weighted by Gasteiger charge is 2.14. The summed E-state index contributed by atoms with van der Waals surface area (Å²) in [5.41, 5.74) is 2.56. The van der Waals surface area contributed by atoms with Gasteiger partial charge in [0.1, 0.15) is 0 Å². The van der Waals surface area contributed by atoms with Crippen LogP contribution < -0.4 is 0 Å². The normalized spacial score (nSPS) is 10.0. The molecule has 1 amide bonds. The van der Waals surface area contributed by atoms with Crippen molar-refractivity contribution in [1.82, 2.24) is 4.90 Å². The minimum Gasteiger partial charge on any atom is -0.395 e. The molecule has 0 radical (unpaired) electrons. The first-order valence-corrected chi connectivity index (χ1v) is 6.45. The number of aliphatic hydroxyl groups excluding tert-OH is 1. The van der Waals surface area contributed by atoms with Crippen molar-refractivity contribution in [2.45, 2.75) is 33.2 Å². The Hall–Kier alpha value is -1.79. The quantitative estimate of drug-likeness (QED) is 0.845. The summed E-state index contributed by atoms with van der Waals surface area (Å²) >= 11 is 0. The maximum atomic E-state index is 12.2. The van der Waals surface area contributed by atoms with Gasteiger partial charge in [-0.2, -0.15) is 0 Å². The Morgan fingerprint density at radius 2 is 2.11 bits per heavy atom. The van der Waals surface area contributed by atoms with Crippen molar-refractivity contribution in [3.63, 3.8) is 0 Å². The van der Waals surface area contributed by atoms with E-state index in [9.17, 15) is 4.79 Å². The van der Waals surface area contributed by atoms with Crippen molar-refractivity contribution in [3.8, 4) is 11.8 Å². The number of carbonyl (C=O) groups is 1. The molecule has 0 aliphatic carbocycles. The van der Waals surface area contributed by atoms with Crippen molar-refractivity contribution >= 4 is 5.91 Å². The average Bonchev–Trinajstić information content (AvgIpc) is 2.39. The van der Waals surface area contributed by atoms with Crippen LogP contribution in [-0.4, -0.2) is 35.6 Å². The van der Waals surface area contributed by atoms with Crippen molar-refractivity contribution in [2.24, 2.45) is 0 Å². The Bertz CT molecular complexity index is 509. The van der Waals surface area contributed by atoms with Gasteiger partial charge in [0.15, 0.2) is 0 Å². The molecule has 0 saturated carbocycles. The van der Waals surface area contributed by atoms with E-state index < -0.39 is 0 Å². The Morgan fingerprint density at radius 1 is 1.42 bits per heavy atom. The van der Waals surface area contributed by atoms with Crippen LogP contribution in [0.4, 0.5) is 0 Å². The number of aryl methyl sites for hydroxylation is 1. The van der Waals surface area contributed by atoms with Crippen molar-refractivity contribution in [1.29, 1.82) is 0 Å². The second kappa shape index (κ2) is 6.96. The fourth-order valence-corrected chi connectivity index (χ4v) is 1.59. The molecule has 0 atom stereocenters. The van der Waals surface area contributed by atoms with Gasteiger partial charge < -0.3 is 10.0 Å². The van der Waals surface area contributed by atoms with Gasteiger partial charge in [-0.05, 0) is 44.5 Å². The number of amides is 1. The molecule has 3 heteroatoms. The van der Waals surface area contributed by atoms with E-state index in [2.05, 4.69) is 11.8 Å². The van der Waals surface area contributed by atoms with Crippen LogP contribution in [0.2, 0.25) is 0 Å². The predicted octanol–water partition coefficient (Wildman–Crippen LogP) is 2.21. The molecule has 1 rings (SSSR count). The lowest BCUT2D eigenvalue weighted by Gasteiger charge is -2.21. The number of aliphatic hydroxyl groups is 1. The summed E-state index contributed by atoms with van der Waals surface area (Å²) in [4.78, 5) is 13.9. The molecule has 0 aliphatic heterocycles. The molecule has 1 N–H and O–H groups in total. The highest BCUT2D eigenvalue weighted by atomic mass is 16.2. The van der Waals surface area contributed by atoms with Gasteiger partial charge in [-0.1, -0.05) is 11.8 Å². The zero-order valence-corrected chi connectivity index (χ0v) is 12.0. The number of nitrogens with zero attached hydrogens (tertiary/aromatic N) is 1. The highest BCUT2D eigenvalue weighted by Crippen LogP contribution is 2.13. The maximum Gasteiger partial charge on any atom is 0.253 e. The van der Waals surface area contributed by atoms with E-state index in [1.807, 2.05) is 32.9 Å². The van der Waals surface area contributed by atoms with Crippen molar-refractivity contribution in [3.05, 3.63) is 34.9 Å². The van der Waals surface area contributed by atoms with E-state index in [4.69, 9.17) is 5.11 Å². The van der Waals surface area contributed by atoms with Gasteiger partial charge in [-0.15, -0.1) is 0 Å². The molecule has 0 spiro atoms. The third kappa shape index (κ3) is 4.11. The first-order valence-electron chi connectivity index (χ1n) is 6.45. The van der Waals surface area contributed by atoms with Crippen LogP contribution in [0.1, 0.15) is 41.8 Å². The summed E-state index contributed by atoms with van der Waals surface area (Å²) in [7, 11) is 1.80. The summed E-state index contributed by atoms with van der Waals surface area (Å²) in [6.45, 7) is 5.98. The molecule has 0 aliphatic rings. The van der Waals surface area contributed by atoms with Crippen LogP contribution in [0.15, 0.2) is 18.2 Å². The Balaban J connectivity index is 2.95. The average molecular weight is 259 g/mol. The standard InChI is InChI=1S/C16H21NO2/c1-12(2)17(4)16(19)15-9-8-14(13(3)11-15)7-5-6-10-18/h8-9,11-12,18H,6,10H2,1-4H3. The molecular formula is C16H21NO2. The lowest BCUT2D eigenvalue weighted by atomic mass is 10.0. The fraction of sp³-hybridized carbons (Fsp3) is 0.438. The summed E-state index contributed by atoms with van der Waals surface area (Å²) < 4.78 is 0. The van der Waals surface area contributed by atoms with Crippen molar-refractivity contribution < 1.29 is 9.90 Å². The first-order chi connectivity index (χ1) is 8.97. The maximum absolute atomic E-state index is 12.2. The zero-order chi connectivity index (χ0) is 14.4. The van der Waals surface area contributed by atoms with Crippen LogP contribution in [0.3, 0.4) is 0 Å². The molecule has 0 bridgehead atoms. The third-order valence-electron chi connectivity index (χ3n) is 3.03. The molecule has 1 aromatic rings. The van der Waals surface area contributed by atoms with Gasteiger partial charge in [0, 0.05) is 30.6 Å². The summed E-state index contributed by atoms with van der Waals surface area (Å²) in [6, 6.07) is 5.71. The highest BCUT2D eigenvalue weighted by molar-refractivity contribution is 5.94. The number of carbonyl (C=O) groups excluding carboxylic acids is 1. The van der Waals surface area contributed by atoms with E-state index in [0.717, 1.165) is 11.1 Å². The van der Waals surface area contributed by atoms with Gasteiger partial charge in [0.25, 0.3) is 5.91 Å². The Labute approximate surface area is 115 Å². The third-order valence-corrected chi connectivity index (χ3v) is 3.03. The molecule has 0 unspecified atom stereocenters. The van der Waals surface area contributed by atoms with E-state index >= 15 is 0 Å². The smallest absolute Gasteiger partial charge is 0.253 e. The molecule has 1 aromatic carbocycles. The van der Waals surface area contributed by atoms with Crippen LogP contribution in [-0.2, 0) is 0 Å². The number of rotatable bonds is 3. The molecule has 0 fully saturated rings. The fourth-order valence-electron chi connectivity index (χ4n) is 1.59. The van der Waals surface area contributed by atoms with E-state index in [1.165, 1.54) is 0 Å². The monoisotopic (exact) mass is 259 g/mol. The Kier molecular flexibility index (Phi) is 5.59. The Morgan fingerprint density at radius 3 is 2.63 bits per heavy atom. The van der Waals surface area contributed by atoms with Gasteiger partial charge in [-0.25, -0.2) is 0 Å². The second-order valence-corrected chi connectivity index (χ2v) is 4.81. The topological polar surface area (TPSA) is 40.5 Å². The molecular weight excluding hydrogens is 238 g/mol. The van der Waals surface area contributed by atoms with Gasteiger partial charge in [0.2, 0.25) is 0 Å². The number of benzene rings is 1. The number of hydrogen-bond donors (Lipinski definition) is 1. The summed E-state index contributed by atoms with van der Waals surface area (Å²) in [5.74, 6) is 5.90. The predicted molar refractivity (Wildman–Crippen MR) is 77.0 cm³/mol. The second-order valence-electron chi connectivity index (χ2n) is 4.81. The van der Waals surface area contributed by atoms with Crippen molar-refractivity contribution in [2.75, 3.05) is 13.7 Å². The molecule has 0 aromatic heterocycles. The lowest BCUT2D eigenvalue weighted by molar-refractivity contribution is 0.0755. The van der Waals surface area contributed by atoms with E-state index in [-0.39, 0.29) is 18.6 Å². The van der Waals surface area contributed by atoms with Gasteiger partial charge >= 0.3 is 0 Å². The summed E-state index contributed by atoms with van der Waals surface area (Å²) in [6.07, 6.45) is 0.468. The largest absolute Gasteiger partial charge is 0.395 e. The molecule has 102 valence electrons. The number of hydrogen-bond acceptors (Lipinski definition) is 2. The van der Waals surface area contributed by atoms with Crippen LogP contribution in [0.25, 0.3) is 0 Å². The minimum atomic E-state index is 0.0213. The van der Waals surface area contributed by atoms with E-state index in [1.54, 1.807) is 18.0 Å². The zero-order valence-electron chi connectivity index (χ0n) is 12.0. The summed E-state index contributed by atoms with van der Waals surface area (Å²) in [5, 5.41) is 8.69. The SMILES string of the molecule is Cc1cc(C(=O)N(C)C(C)C)ccc1C#CCCO. The van der Waals surface area contributed by atoms with E-state index in [0.29, 0.717) is 12.0 Å². The molecule has 19 heavy (non-hydrogen) atoms. The molecule has 0 heterocycles. The minimum absolute atomic E-state index is 0.0213. The van der Waals surface area contributed by atoms with Gasteiger partial charge in [0.05, 0.1) is 6.61 Å².